The SMILES string of the molecule is CCC(C)NC(=O)C(C)Oc1ccc(Br)c(C(=O)O)c1. The van der Waals surface area contributed by atoms with Crippen LogP contribution in [-0.2, 0) is 4.79 Å². The molecule has 0 aliphatic heterocycles. The van der Waals surface area contributed by atoms with E-state index in [0.717, 1.165) is 6.42 Å². The standard InChI is InChI=1S/C14H18BrNO4/c1-4-8(2)16-13(17)9(3)20-10-5-6-12(15)11(7-10)14(18)19/h5-9H,4H2,1-3H3,(H,16,17)(H,18,19). The van der Waals surface area contributed by atoms with Gasteiger partial charge in [0.15, 0.2) is 6.10 Å². The molecule has 2 N–H and O–H groups in total. The largest absolute Gasteiger partial charge is 0.481 e. The minimum Gasteiger partial charge on any atom is -0.481 e. The Morgan fingerprint density at radius 1 is 1.40 bits per heavy atom. The Labute approximate surface area is 126 Å². The molecule has 1 aromatic carbocycles. The molecule has 5 nitrogen and oxygen atoms in total. The molecule has 2 atom stereocenters. The van der Waals surface area contributed by atoms with E-state index in [2.05, 4.69) is 21.2 Å². The van der Waals surface area contributed by atoms with Crippen molar-refractivity contribution in [3.63, 3.8) is 0 Å². The van der Waals surface area contributed by atoms with E-state index in [1.54, 1.807) is 19.1 Å². The van der Waals surface area contributed by atoms with E-state index in [1.165, 1.54) is 6.07 Å². The van der Waals surface area contributed by atoms with Gasteiger partial charge in [0, 0.05) is 10.5 Å². The van der Waals surface area contributed by atoms with Crippen LogP contribution in [0.15, 0.2) is 22.7 Å². The molecule has 110 valence electrons. The summed E-state index contributed by atoms with van der Waals surface area (Å²) in [6.07, 6.45) is 0.145. The van der Waals surface area contributed by atoms with Crippen LogP contribution in [0, 0.1) is 0 Å². The number of carbonyl (C=O) groups excluding carboxylic acids is 1. The number of carbonyl (C=O) groups is 2. The van der Waals surface area contributed by atoms with Gasteiger partial charge >= 0.3 is 5.97 Å². The van der Waals surface area contributed by atoms with E-state index >= 15 is 0 Å². The van der Waals surface area contributed by atoms with Crippen molar-refractivity contribution in [1.29, 1.82) is 0 Å². The maximum atomic E-state index is 11.8. The van der Waals surface area contributed by atoms with Crippen molar-refractivity contribution in [1.82, 2.24) is 5.32 Å². The highest BCUT2D eigenvalue weighted by molar-refractivity contribution is 9.10. The summed E-state index contributed by atoms with van der Waals surface area (Å²) < 4.78 is 5.94. The molecule has 0 fully saturated rings. The Hall–Kier alpha value is -1.56. The molecule has 1 rings (SSSR count). The third kappa shape index (κ3) is 4.52. The molecule has 1 amide bonds. The van der Waals surface area contributed by atoms with E-state index in [4.69, 9.17) is 9.84 Å². The summed E-state index contributed by atoms with van der Waals surface area (Å²) in [6.45, 7) is 5.51. The van der Waals surface area contributed by atoms with Gasteiger partial charge < -0.3 is 15.2 Å². The van der Waals surface area contributed by atoms with Crippen LogP contribution in [0.3, 0.4) is 0 Å². The molecule has 0 saturated heterocycles. The quantitative estimate of drug-likeness (QED) is 0.832. The van der Waals surface area contributed by atoms with Crippen molar-refractivity contribution in [3.05, 3.63) is 28.2 Å². The van der Waals surface area contributed by atoms with E-state index < -0.39 is 12.1 Å². The second-order valence-electron chi connectivity index (χ2n) is 4.52. The smallest absolute Gasteiger partial charge is 0.336 e. The molecule has 0 radical (unpaired) electrons. The number of benzene rings is 1. The zero-order chi connectivity index (χ0) is 15.3. The van der Waals surface area contributed by atoms with Gasteiger partial charge in [-0.05, 0) is 54.4 Å². The number of aromatic carboxylic acids is 1. The van der Waals surface area contributed by atoms with Crippen molar-refractivity contribution in [2.75, 3.05) is 0 Å². The molecule has 0 aliphatic rings. The Morgan fingerprint density at radius 2 is 2.05 bits per heavy atom. The molecule has 0 saturated carbocycles. The molecule has 2 unspecified atom stereocenters. The highest BCUT2D eigenvalue weighted by atomic mass is 79.9. The van der Waals surface area contributed by atoms with Crippen molar-refractivity contribution in [3.8, 4) is 5.75 Å². The van der Waals surface area contributed by atoms with Gasteiger partial charge in [0.2, 0.25) is 0 Å². The number of hydrogen-bond donors (Lipinski definition) is 2. The average Bonchev–Trinajstić information content (AvgIpc) is 2.40. The summed E-state index contributed by atoms with van der Waals surface area (Å²) in [7, 11) is 0. The molecular formula is C14H18BrNO4. The Kier molecular flexibility index (Phi) is 6.01. The third-order valence-electron chi connectivity index (χ3n) is 2.85. The molecule has 0 bridgehead atoms. The number of ether oxygens (including phenoxy) is 1. The molecule has 0 spiro atoms. The minimum absolute atomic E-state index is 0.0769. The van der Waals surface area contributed by atoms with Gasteiger partial charge in [0.05, 0.1) is 5.56 Å². The van der Waals surface area contributed by atoms with E-state index in [0.29, 0.717) is 10.2 Å². The van der Waals surface area contributed by atoms with Crippen molar-refractivity contribution in [2.45, 2.75) is 39.3 Å². The first kappa shape index (κ1) is 16.5. The molecule has 0 heterocycles. The summed E-state index contributed by atoms with van der Waals surface area (Å²) in [5.41, 5.74) is 0.0945. The van der Waals surface area contributed by atoms with Crippen LogP contribution in [0.5, 0.6) is 5.75 Å². The topological polar surface area (TPSA) is 75.6 Å². The Morgan fingerprint density at radius 3 is 2.60 bits per heavy atom. The lowest BCUT2D eigenvalue weighted by Gasteiger charge is -2.18. The minimum atomic E-state index is -1.06. The van der Waals surface area contributed by atoms with E-state index in [9.17, 15) is 9.59 Å². The van der Waals surface area contributed by atoms with Gasteiger partial charge in [-0.1, -0.05) is 6.92 Å². The summed E-state index contributed by atoms with van der Waals surface area (Å²) in [4.78, 5) is 22.9. The molecule has 6 heteroatoms. The van der Waals surface area contributed by atoms with E-state index in [-0.39, 0.29) is 17.5 Å². The van der Waals surface area contributed by atoms with Gasteiger partial charge in [-0.25, -0.2) is 4.79 Å². The first-order valence-corrected chi connectivity index (χ1v) is 7.14. The number of hydrogen-bond acceptors (Lipinski definition) is 3. The fourth-order valence-electron chi connectivity index (χ4n) is 1.46. The molecular weight excluding hydrogens is 326 g/mol. The van der Waals surface area contributed by atoms with Crippen molar-refractivity contribution >= 4 is 27.8 Å². The van der Waals surface area contributed by atoms with Crippen LogP contribution in [0.1, 0.15) is 37.6 Å². The van der Waals surface area contributed by atoms with Gasteiger partial charge in [0.25, 0.3) is 5.91 Å². The second kappa shape index (κ2) is 7.28. The average molecular weight is 344 g/mol. The number of rotatable bonds is 6. The number of carboxylic acid groups (broad SMARTS) is 1. The summed E-state index contributed by atoms with van der Waals surface area (Å²) in [5, 5.41) is 11.8. The zero-order valence-corrected chi connectivity index (χ0v) is 13.2. The monoisotopic (exact) mass is 343 g/mol. The summed E-state index contributed by atoms with van der Waals surface area (Å²) >= 11 is 3.15. The maximum absolute atomic E-state index is 11.8. The van der Waals surface area contributed by atoms with Crippen LogP contribution in [-0.4, -0.2) is 29.1 Å². The molecule has 1 aromatic rings. The number of nitrogens with one attached hydrogen (secondary N) is 1. The van der Waals surface area contributed by atoms with Gasteiger partial charge in [-0.2, -0.15) is 0 Å². The zero-order valence-electron chi connectivity index (χ0n) is 11.6. The second-order valence-corrected chi connectivity index (χ2v) is 5.38. The van der Waals surface area contributed by atoms with Crippen molar-refractivity contribution in [2.24, 2.45) is 0 Å². The summed E-state index contributed by atoms with van der Waals surface area (Å²) in [6, 6.07) is 4.66. The van der Waals surface area contributed by atoms with Gasteiger partial charge in [-0.15, -0.1) is 0 Å². The molecule has 20 heavy (non-hydrogen) atoms. The predicted octanol–water partition coefficient (Wildman–Crippen LogP) is 2.83. The predicted molar refractivity (Wildman–Crippen MR) is 79.1 cm³/mol. The van der Waals surface area contributed by atoms with E-state index in [1.807, 2.05) is 13.8 Å². The van der Waals surface area contributed by atoms with Gasteiger partial charge in [0.1, 0.15) is 5.75 Å². The first-order valence-electron chi connectivity index (χ1n) is 6.35. The Balaban J connectivity index is 2.75. The first-order chi connectivity index (χ1) is 9.35. The fraction of sp³-hybridized carbons (Fsp3) is 0.429. The summed E-state index contributed by atoms with van der Waals surface area (Å²) in [5.74, 6) is -0.935. The molecule has 0 aliphatic carbocycles. The lowest BCUT2D eigenvalue weighted by molar-refractivity contribution is -0.127. The highest BCUT2D eigenvalue weighted by Gasteiger charge is 2.17. The maximum Gasteiger partial charge on any atom is 0.336 e. The number of carboxylic acids is 1. The normalized spacial score (nSPS) is 13.4. The molecule has 0 aromatic heterocycles. The van der Waals surface area contributed by atoms with Crippen LogP contribution in [0.25, 0.3) is 0 Å². The number of halogens is 1. The highest BCUT2D eigenvalue weighted by Crippen LogP contribution is 2.23. The Bertz CT molecular complexity index is 504. The van der Waals surface area contributed by atoms with Gasteiger partial charge in [-0.3, -0.25) is 4.79 Å². The van der Waals surface area contributed by atoms with Crippen LogP contribution >= 0.6 is 15.9 Å². The van der Waals surface area contributed by atoms with Crippen LogP contribution in [0.4, 0.5) is 0 Å². The third-order valence-corrected chi connectivity index (χ3v) is 3.54. The fourth-order valence-corrected chi connectivity index (χ4v) is 1.88. The van der Waals surface area contributed by atoms with Crippen LogP contribution < -0.4 is 10.1 Å². The van der Waals surface area contributed by atoms with Crippen LogP contribution in [0.2, 0.25) is 0 Å². The lowest BCUT2D eigenvalue weighted by Crippen LogP contribution is -2.41. The van der Waals surface area contributed by atoms with Crippen molar-refractivity contribution < 1.29 is 19.4 Å². The number of amides is 1. The lowest BCUT2D eigenvalue weighted by atomic mass is 10.2.